The first-order valence-corrected chi connectivity index (χ1v) is 7.50. The van der Waals surface area contributed by atoms with E-state index >= 15 is 0 Å². The lowest BCUT2D eigenvalue weighted by Gasteiger charge is -2.10. The molecule has 0 unspecified atom stereocenters. The minimum Gasteiger partial charge on any atom is -0.280 e. The second-order valence-corrected chi connectivity index (χ2v) is 6.26. The summed E-state index contributed by atoms with van der Waals surface area (Å²) in [5.74, 6) is 0. The molecule has 0 saturated carbocycles. The van der Waals surface area contributed by atoms with E-state index in [1.807, 2.05) is 0 Å². The average molecular weight is 336 g/mol. The Kier molecular flexibility index (Phi) is 4.15. The zero-order chi connectivity index (χ0) is 15.7. The summed E-state index contributed by atoms with van der Waals surface area (Å²) in [5.41, 5.74) is -0.823. The van der Waals surface area contributed by atoms with E-state index in [0.29, 0.717) is 0 Å². The highest BCUT2D eigenvalue weighted by Crippen LogP contribution is 2.30. The molecule has 2 aromatic rings. The molecule has 8 heteroatoms. The molecule has 0 heterocycles. The summed E-state index contributed by atoms with van der Waals surface area (Å²) < 4.78 is 63.5. The summed E-state index contributed by atoms with van der Waals surface area (Å²) in [5, 5.41) is 0.241. The Balaban J connectivity index is 2.25. The van der Waals surface area contributed by atoms with Crippen LogP contribution in [0.1, 0.15) is 5.56 Å². The van der Waals surface area contributed by atoms with Gasteiger partial charge in [0.15, 0.2) is 0 Å². The molecule has 0 spiro atoms. The van der Waals surface area contributed by atoms with Gasteiger partial charge in [0.2, 0.25) is 0 Å². The third kappa shape index (κ3) is 3.89. The van der Waals surface area contributed by atoms with Crippen LogP contribution in [0.2, 0.25) is 5.02 Å². The molecule has 112 valence electrons. The van der Waals surface area contributed by atoms with E-state index < -0.39 is 21.8 Å². The molecule has 0 radical (unpaired) electrons. The fraction of sp³-hybridized carbons (Fsp3) is 0.0769. The number of alkyl halides is 3. The SMILES string of the molecule is O=S(=O)(Nc1ccc(C(F)(F)F)cc1)c1cccc(Cl)c1. The monoisotopic (exact) mass is 335 g/mol. The van der Waals surface area contributed by atoms with Crippen molar-refractivity contribution in [1.29, 1.82) is 0 Å². The van der Waals surface area contributed by atoms with Gasteiger partial charge < -0.3 is 0 Å². The number of hydrogen-bond donors (Lipinski definition) is 1. The van der Waals surface area contributed by atoms with Gasteiger partial charge >= 0.3 is 6.18 Å². The van der Waals surface area contributed by atoms with Crippen molar-refractivity contribution in [2.45, 2.75) is 11.1 Å². The first-order valence-electron chi connectivity index (χ1n) is 5.64. The van der Waals surface area contributed by atoms with Gasteiger partial charge in [-0.3, -0.25) is 4.72 Å². The standard InChI is InChI=1S/C13H9ClF3NO2S/c14-10-2-1-3-12(8-10)21(19,20)18-11-6-4-9(5-7-11)13(15,16)17/h1-8,18H. The summed E-state index contributed by atoms with van der Waals surface area (Å²) in [6.45, 7) is 0. The van der Waals surface area contributed by atoms with E-state index in [4.69, 9.17) is 11.6 Å². The molecule has 0 atom stereocenters. The fourth-order valence-corrected chi connectivity index (χ4v) is 2.93. The van der Waals surface area contributed by atoms with Gasteiger partial charge in [0.1, 0.15) is 0 Å². The summed E-state index contributed by atoms with van der Waals surface area (Å²) in [4.78, 5) is -0.0742. The lowest BCUT2D eigenvalue weighted by atomic mass is 10.2. The van der Waals surface area contributed by atoms with Crippen molar-refractivity contribution in [2.75, 3.05) is 4.72 Å². The van der Waals surface area contributed by atoms with Crippen LogP contribution in [0.5, 0.6) is 0 Å². The molecular formula is C13H9ClF3NO2S. The normalized spacial score (nSPS) is 12.2. The van der Waals surface area contributed by atoms with Crippen molar-refractivity contribution in [3.63, 3.8) is 0 Å². The van der Waals surface area contributed by atoms with Gasteiger partial charge in [-0.15, -0.1) is 0 Å². The molecule has 3 nitrogen and oxygen atoms in total. The molecular weight excluding hydrogens is 327 g/mol. The van der Waals surface area contributed by atoms with Crippen LogP contribution in [-0.2, 0) is 16.2 Å². The predicted molar refractivity (Wildman–Crippen MR) is 73.7 cm³/mol. The molecule has 21 heavy (non-hydrogen) atoms. The van der Waals surface area contributed by atoms with Crippen molar-refractivity contribution >= 4 is 27.3 Å². The lowest BCUT2D eigenvalue weighted by Crippen LogP contribution is -2.13. The fourth-order valence-electron chi connectivity index (χ4n) is 1.58. The first kappa shape index (κ1) is 15.7. The van der Waals surface area contributed by atoms with Gasteiger partial charge in [-0.1, -0.05) is 17.7 Å². The van der Waals surface area contributed by atoms with E-state index in [9.17, 15) is 21.6 Å². The van der Waals surface area contributed by atoms with Gasteiger partial charge in [-0.2, -0.15) is 13.2 Å². The molecule has 0 aliphatic carbocycles. The van der Waals surface area contributed by atoms with Crippen molar-refractivity contribution in [3.05, 3.63) is 59.1 Å². The Labute approximate surface area is 124 Å². The van der Waals surface area contributed by atoms with E-state index in [1.54, 1.807) is 0 Å². The summed E-state index contributed by atoms with van der Waals surface area (Å²) >= 11 is 5.71. The topological polar surface area (TPSA) is 46.2 Å². The van der Waals surface area contributed by atoms with Gasteiger partial charge in [0.05, 0.1) is 10.5 Å². The molecule has 2 rings (SSSR count). The van der Waals surface area contributed by atoms with Gasteiger partial charge in [-0.05, 0) is 42.5 Å². The number of halogens is 4. The van der Waals surface area contributed by atoms with Gasteiger partial charge in [0.25, 0.3) is 10.0 Å². The zero-order valence-corrected chi connectivity index (χ0v) is 11.9. The molecule has 0 aliphatic heterocycles. The van der Waals surface area contributed by atoms with Crippen LogP contribution in [0.25, 0.3) is 0 Å². The Morgan fingerprint density at radius 1 is 1.00 bits per heavy atom. The van der Waals surface area contributed by atoms with Crippen molar-refractivity contribution in [3.8, 4) is 0 Å². The minimum absolute atomic E-state index is 0.0305. The zero-order valence-electron chi connectivity index (χ0n) is 10.4. The van der Waals surface area contributed by atoms with Crippen LogP contribution in [0.4, 0.5) is 18.9 Å². The van der Waals surface area contributed by atoms with E-state index in [-0.39, 0.29) is 15.6 Å². The Bertz CT molecular complexity index is 743. The number of benzene rings is 2. The van der Waals surface area contributed by atoms with Crippen LogP contribution < -0.4 is 4.72 Å². The average Bonchev–Trinajstić information content (AvgIpc) is 2.38. The minimum atomic E-state index is -4.47. The third-order valence-electron chi connectivity index (χ3n) is 2.57. The number of sulfonamides is 1. The van der Waals surface area contributed by atoms with Gasteiger partial charge in [-0.25, -0.2) is 8.42 Å². The number of anilines is 1. The van der Waals surface area contributed by atoms with Crippen LogP contribution in [0, 0.1) is 0 Å². The Hall–Kier alpha value is -1.73. The maximum atomic E-state index is 12.4. The molecule has 0 aromatic heterocycles. The molecule has 0 aliphatic rings. The Morgan fingerprint density at radius 2 is 1.62 bits per heavy atom. The maximum absolute atomic E-state index is 12.4. The van der Waals surface area contributed by atoms with Crippen LogP contribution in [0.3, 0.4) is 0 Å². The van der Waals surface area contributed by atoms with Gasteiger partial charge in [0, 0.05) is 10.7 Å². The van der Waals surface area contributed by atoms with Crippen LogP contribution in [0.15, 0.2) is 53.4 Å². The maximum Gasteiger partial charge on any atom is 0.416 e. The highest BCUT2D eigenvalue weighted by atomic mass is 35.5. The molecule has 2 aromatic carbocycles. The van der Waals surface area contributed by atoms with Crippen molar-refractivity contribution < 1.29 is 21.6 Å². The quantitative estimate of drug-likeness (QED) is 0.915. The smallest absolute Gasteiger partial charge is 0.280 e. The van der Waals surface area contributed by atoms with Crippen LogP contribution in [-0.4, -0.2) is 8.42 Å². The lowest BCUT2D eigenvalue weighted by molar-refractivity contribution is -0.137. The Morgan fingerprint density at radius 3 is 2.14 bits per heavy atom. The highest BCUT2D eigenvalue weighted by molar-refractivity contribution is 7.92. The van der Waals surface area contributed by atoms with Crippen molar-refractivity contribution in [2.24, 2.45) is 0 Å². The number of rotatable bonds is 3. The third-order valence-corrected chi connectivity index (χ3v) is 4.18. The molecule has 0 saturated heterocycles. The van der Waals surface area contributed by atoms with E-state index in [0.717, 1.165) is 24.3 Å². The second kappa shape index (κ2) is 5.57. The number of hydrogen-bond acceptors (Lipinski definition) is 2. The molecule has 1 N–H and O–H groups in total. The molecule has 0 bridgehead atoms. The van der Waals surface area contributed by atoms with E-state index in [2.05, 4.69) is 4.72 Å². The molecule has 0 fully saturated rings. The van der Waals surface area contributed by atoms with Crippen molar-refractivity contribution in [1.82, 2.24) is 0 Å². The first-order chi connectivity index (χ1) is 9.68. The molecule has 0 amide bonds. The summed E-state index contributed by atoms with van der Waals surface area (Å²) in [7, 11) is -3.90. The number of nitrogens with one attached hydrogen (secondary N) is 1. The predicted octanol–water partition coefficient (Wildman–Crippen LogP) is 4.16. The second-order valence-electron chi connectivity index (χ2n) is 4.14. The largest absolute Gasteiger partial charge is 0.416 e. The summed E-state index contributed by atoms with van der Waals surface area (Å²) in [6.07, 6.45) is -4.47. The summed E-state index contributed by atoms with van der Waals surface area (Å²) in [6, 6.07) is 9.25. The van der Waals surface area contributed by atoms with Crippen LogP contribution >= 0.6 is 11.6 Å². The highest BCUT2D eigenvalue weighted by Gasteiger charge is 2.30. The van der Waals surface area contributed by atoms with E-state index in [1.165, 1.54) is 24.3 Å².